The van der Waals surface area contributed by atoms with Gasteiger partial charge in [0.15, 0.2) is 5.84 Å². The molecule has 12 heteroatoms. The zero-order valence-corrected chi connectivity index (χ0v) is 24.9. The van der Waals surface area contributed by atoms with E-state index in [1.54, 1.807) is 23.3 Å². The number of rotatable bonds is 11. The lowest BCUT2D eigenvalue weighted by molar-refractivity contribution is -0.124. The van der Waals surface area contributed by atoms with Gasteiger partial charge in [0.2, 0.25) is 5.91 Å². The zero-order chi connectivity index (χ0) is 30.8. The van der Waals surface area contributed by atoms with E-state index < -0.39 is 11.6 Å². The van der Waals surface area contributed by atoms with E-state index in [4.69, 9.17) is 9.94 Å². The molecule has 2 aromatic rings. The fraction of sp³-hybridized carbons (Fsp3) is 0.452. The van der Waals surface area contributed by atoms with E-state index >= 15 is 4.39 Å². The summed E-state index contributed by atoms with van der Waals surface area (Å²) >= 11 is 0. The molecule has 2 aliphatic heterocycles. The van der Waals surface area contributed by atoms with Crippen LogP contribution in [0, 0.1) is 11.7 Å². The molecule has 1 aromatic heterocycles. The van der Waals surface area contributed by atoms with Crippen molar-refractivity contribution in [3.05, 3.63) is 60.1 Å². The van der Waals surface area contributed by atoms with Gasteiger partial charge in [-0.15, -0.1) is 0 Å². The van der Waals surface area contributed by atoms with Crippen LogP contribution < -0.4 is 4.90 Å². The maximum atomic E-state index is 15.1. The quantitative estimate of drug-likeness (QED) is 0.174. The van der Waals surface area contributed by atoms with Crippen molar-refractivity contribution in [2.45, 2.75) is 39.5 Å². The number of aliphatic hydroxyl groups excluding tert-OH is 1. The van der Waals surface area contributed by atoms with Crippen LogP contribution in [0.15, 0.2) is 58.9 Å². The first-order chi connectivity index (χ1) is 20.8. The fourth-order valence-corrected chi connectivity index (χ4v) is 5.30. The molecule has 2 fully saturated rings. The maximum Gasteiger partial charge on any atom is 0.241 e. The number of aromatic nitrogens is 2. The van der Waals surface area contributed by atoms with Crippen molar-refractivity contribution in [2.24, 2.45) is 16.1 Å². The Morgan fingerprint density at radius 3 is 2.74 bits per heavy atom. The van der Waals surface area contributed by atoms with E-state index in [1.165, 1.54) is 38.6 Å². The molecule has 1 aromatic carbocycles. The van der Waals surface area contributed by atoms with Gasteiger partial charge in [-0.1, -0.05) is 18.2 Å². The molecule has 0 saturated carbocycles. The number of hydrogen-bond donors (Lipinski definition) is 1. The van der Waals surface area contributed by atoms with Gasteiger partial charge in [-0.05, 0) is 62.5 Å². The molecule has 4 rings (SSSR count). The summed E-state index contributed by atoms with van der Waals surface area (Å²) in [6.45, 7) is 5.97. The summed E-state index contributed by atoms with van der Waals surface area (Å²) in [5, 5.41) is 13.7. The lowest BCUT2D eigenvalue weighted by Crippen LogP contribution is -2.36. The Balaban J connectivity index is 1.61. The standard InChI is InChI=1S/C31H39F2N7O3/c1-4-10-34-30(37-43-3)23-8-13-39(14-9-23)31-27-18-25(33)17-26(29(27)35-20-36-31)24(16-22(2)32)7-5-12-40-21-38(11-6-15-41)19-28(40)42/h5,7,10,12,16-18,20,23,41H,4,6,8-9,11,13-15,19,21H2,1-3H3/b12-5+,22-16+,24-7+,34-10?,37-30-. The third-order valence-electron chi connectivity index (χ3n) is 7.30. The molecule has 0 unspecified atom stereocenters. The number of hydrogen-bond acceptors (Lipinski definition) is 8. The average Bonchev–Trinajstić information content (AvgIpc) is 3.35. The molecule has 43 heavy (non-hydrogen) atoms. The minimum absolute atomic E-state index is 0.0605. The number of oxime groups is 1. The lowest BCUT2D eigenvalue weighted by Gasteiger charge is -2.32. The number of amides is 1. The van der Waals surface area contributed by atoms with Crippen molar-refractivity contribution < 1.29 is 23.5 Å². The van der Waals surface area contributed by atoms with Crippen molar-refractivity contribution in [1.29, 1.82) is 0 Å². The first kappa shape index (κ1) is 31.9. The number of amidine groups is 1. The SMILES string of the molecule is CCC=N/C(=N\OC)C1CCN(c2ncnc3c(C(/C=C(\C)F)=C/C=C/N4CN(CCCO)CC4=O)cc(F)cc23)CC1. The summed E-state index contributed by atoms with van der Waals surface area (Å²) in [5.41, 5.74) is 1.31. The number of halogens is 2. The van der Waals surface area contributed by atoms with Gasteiger partial charge >= 0.3 is 0 Å². The Hall–Kier alpha value is -4.03. The minimum Gasteiger partial charge on any atom is -0.398 e. The third-order valence-corrected chi connectivity index (χ3v) is 7.30. The highest BCUT2D eigenvalue weighted by Gasteiger charge is 2.27. The molecule has 3 heterocycles. The molecule has 0 spiro atoms. The largest absolute Gasteiger partial charge is 0.398 e. The van der Waals surface area contributed by atoms with Gasteiger partial charge in [0.05, 0.1) is 24.6 Å². The van der Waals surface area contributed by atoms with Crippen LogP contribution in [0.1, 0.15) is 45.1 Å². The second-order valence-electron chi connectivity index (χ2n) is 10.5. The molecular formula is C31H39F2N7O3. The summed E-state index contributed by atoms with van der Waals surface area (Å²) in [7, 11) is 1.51. The molecular weight excluding hydrogens is 556 g/mol. The first-order valence-corrected chi connectivity index (χ1v) is 14.5. The van der Waals surface area contributed by atoms with Crippen LogP contribution >= 0.6 is 0 Å². The number of allylic oxidation sites excluding steroid dienone is 5. The fourth-order valence-electron chi connectivity index (χ4n) is 5.30. The molecule has 2 saturated heterocycles. The van der Waals surface area contributed by atoms with E-state index in [2.05, 4.69) is 25.0 Å². The summed E-state index contributed by atoms with van der Waals surface area (Å²) in [6.07, 6.45) is 12.4. The molecule has 230 valence electrons. The Morgan fingerprint density at radius 1 is 1.26 bits per heavy atom. The molecule has 1 N–H and O–H groups in total. The Morgan fingerprint density at radius 2 is 2.05 bits per heavy atom. The first-order valence-electron chi connectivity index (χ1n) is 14.5. The maximum absolute atomic E-state index is 15.1. The number of fused-ring (bicyclic) bond motifs is 1. The third kappa shape index (κ3) is 8.29. The zero-order valence-electron chi connectivity index (χ0n) is 24.9. The monoisotopic (exact) mass is 595 g/mol. The molecule has 1 amide bonds. The van der Waals surface area contributed by atoms with Crippen LogP contribution in [0.25, 0.3) is 16.5 Å². The summed E-state index contributed by atoms with van der Waals surface area (Å²) in [4.78, 5) is 36.5. The van der Waals surface area contributed by atoms with Crippen LogP contribution in [0.4, 0.5) is 14.6 Å². The highest BCUT2D eigenvalue weighted by molar-refractivity contribution is 5.99. The summed E-state index contributed by atoms with van der Waals surface area (Å²) in [6, 6.07) is 2.74. The normalized spacial score (nSPS) is 18.3. The molecule has 0 radical (unpaired) electrons. The van der Waals surface area contributed by atoms with Crippen LogP contribution in [0.2, 0.25) is 0 Å². The van der Waals surface area contributed by atoms with Crippen LogP contribution in [0.3, 0.4) is 0 Å². The molecule has 0 aliphatic carbocycles. The average molecular weight is 596 g/mol. The smallest absolute Gasteiger partial charge is 0.241 e. The van der Waals surface area contributed by atoms with Gasteiger partial charge in [-0.2, -0.15) is 0 Å². The number of aliphatic imine (C=N–C) groups is 1. The number of anilines is 1. The molecule has 0 bridgehead atoms. The van der Waals surface area contributed by atoms with Gasteiger partial charge in [0.25, 0.3) is 0 Å². The number of aliphatic hydroxyl groups is 1. The van der Waals surface area contributed by atoms with Crippen LogP contribution in [-0.2, 0) is 9.63 Å². The van der Waals surface area contributed by atoms with E-state index in [0.29, 0.717) is 66.4 Å². The van der Waals surface area contributed by atoms with Crippen LogP contribution in [-0.4, -0.2) is 89.4 Å². The topological polar surface area (TPSA) is 107 Å². The summed E-state index contributed by atoms with van der Waals surface area (Å²) in [5.74, 6) is 0.368. The predicted octanol–water partition coefficient (Wildman–Crippen LogP) is 4.68. The van der Waals surface area contributed by atoms with E-state index in [9.17, 15) is 9.18 Å². The van der Waals surface area contributed by atoms with Gasteiger partial charge in [0, 0.05) is 55.5 Å². The number of piperidine rings is 1. The van der Waals surface area contributed by atoms with Crippen molar-refractivity contribution in [2.75, 3.05) is 51.5 Å². The number of benzene rings is 1. The van der Waals surface area contributed by atoms with Gasteiger partial charge < -0.3 is 19.7 Å². The van der Waals surface area contributed by atoms with E-state index in [-0.39, 0.29) is 25.0 Å². The minimum atomic E-state index is -0.495. The Kier molecular flexibility index (Phi) is 11.5. The number of nitrogens with zero attached hydrogens (tertiary/aromatic N) is 7. The predicted molar refractivity (Wildman–Crippen MR) is 165 cm³/mol. The van der Waals surface area contributed by atoms with Gasteiger partial charge in [0.1, 0.15) is 25.1 Å². The van der Waals surface area contributed by atoms with Gasteiger partial charge in [-0.3, -0.25) is 9.69 Å². The Labute approximate surface area is 250 Å². The highest BCUT2D eigenvalue weighted by Crippen LogP contribution is 2.33. The molecule has 0 atom stereocenters. The second kappa shape index (κ2) is 15.4. The lowest BCUT2D eigenvalue weighted by atomic mass is 9.95. The van der Waals surface area contributed by atoms with Crippen molar-refractivity contribution in [1.82, 2.24) is 19.8 Å². The van der Waals surface area contributed by atoms with Crippen molar-refractivity contribution in [3.63, 3.8) is 0 Å². The summed E-state index contributed by atoms with van der Waals surface area (Å²) < 4.78 is 29.4. The number of carbonyl (C=O) groups is 1. The van der Waals surface area contributed by atoms with Gasteiger partial charge in [-0.25, -0.2) is 23.7 Å². The van der Waals surface area contributed by atoms with Crippen molar-refractivity contribution >= 4 is 40.3 Å². The van der Waals surface area contributed by atoms with E-state index in [1.807, 2.05) is 18.0 Å². The van der Waals surface area contributed by atoms with E-state index in [0.717, 1.165) is 19.3 Å². The number of carbonyl (C=O) groups excluding carboxylic acids is 1. The highest BCUT2D eigenvalue weighted by atomic mass is 19.1. The molecule has 10 nitrogen and oxygen atoms in total. The molecule has 2 aliphatic rings. The second-order valence-corrected chi connectivity index (χ2v) is 10.5. The van der Waals surface area contributed by atoms with Crippen molar-refractivity contribution in [3.8, 4) is 0 Å². The Bertz CT molecular complexity index is 1430. The van der Waals surface area contributed by atoms with Crippen LogP contribution in [0.5, 0.6) is 0 Å².